The molecule has 0 amide bonds. The SMILES string of the molecule is CC(=CCN(C)C)C(C)=CCN(C)C. The Hall–Kier alpha value is -0.600. The van der Waals surface area contributed by atoms with Crippen LogP contribution in [0.5, 0.6) is 0 Å². The minimum atomic E-state index is 1.01. The highest BCUT2D eigenvalue weighted by Crippen LogP contribution is 2.07. The average molecular weight is 196 g/mol. The van der Waals surface area contributed by atoms with Crippen molar-refractivity contribution in [3.63, 3.8) is 0 Å². The molecule has 0 aliphatic carbocycles. The van der Waals surface area contributed by atoms with E-state index < -0.39 is 0 Å². The van der Waals surface area contributed by atoms with Crippen LogP contribution in [-0.4, -0.2) is 51.1 Å². The Morgan fingerprint density at radius 3 is 1.29 bits per heavy atom. The molecule has 0 heterocycles. The fourth-order valence-corrected chi connectivity index (χ4v) is 0.961. The molecule has 2 nitrogen and oxygen atoms in total. The van der Waals surface area contributed by atoms with Crippen LogP contribution in [-0.2, 0) is 0 Å². The largest absolute Gasteiger partial charge is 0.306 e. The Bertz CT molecular complexity index is 188. The zero-order chi connectivity index (χ0) is 11.1. The topological polar surface area (TPSA) is 6.48 Å². The smallest absolute Gasteiger partial charge is 0.0162 e. The van der Waals surface area contributed by atoms with Crippen LogP contribution in [0.15, 0.2) is 23.3 Å². The van der Waals surface area contributed by atoms with Crippen LogP contribution in [0.1, 0.15) is 13.8 Å². The molecule has 0 spiro atoms. The van der Waals surface area contributed by atoms with Crippen LogP contribution in [0.3, 0.4) is 0 Å². The number of nitrogens with zero attached hydrogens (tertiary/aromatic N) is 2. The quantitative estimate of drug-likeness (QED) is 0.621. The molecule has 0 aliphatic heterocycles. The Morgan fingerprint density at radius 2 is 1.07 bits per heavy atom. The molecule has 0 radical (unpaired) electrons. The van der Waals surface area contributed by atoms with Crippen molar-refractivity contribution in [3.8, 4) is 0 Å². The first-order valence-electron chi connectivity index (χ1n) is 5.07. The van der Waals surface area contributed by atoms with Gasteiger partial charge in [0.05, 0.1) is 0 Å². The van der Waals surface area contributed by atoms with Gasteiger partial charge in [-0.15, -0.1) is 0 Å². The van der Waals surface area contributed by atoms with E-state index in [-0.39, 0.29) is 0 Å². The van der Waals surface area contributed by atoms with Gasteiger partial charge in [0.25, 0.3) is 0 Å². The van der Waals surface area contributed by atoms with Gasteiger partial charge >= 0.3 is 0 Å². The predicted octanol–water partition coefficient (Wildman–Crippen LogP) is 2.00. The molecular formula is C12H24N2. The van der Waals surface area contributed by atoms with E-state index in [1.165, 1.54) is 11.1 Å². The zero-order valence-corrected chi connectivity index (χ0v) is 10.5. The molecule has 0 aliphatic rings. The van der Waals surface area contributed by atoms with Crippen molar-refractivity contribution in [2.24, 2.45) is 0 Å². The Labute approximate surface area is 88.9 Å². The fourth-order valence-electron chi connectivity index (χ4n) is 0.961. The normalized spacial score (nSPS) is 14.3. The van der Waals surface area contributed by atoms with E-state index >= 15 is 0 Å². The van der Waals surface area contributed by atoms with Crippen LogP contribution in [0.2, 0.25) is 0 Å². The second-order valence-electron chi connectivity index (χ2n) is 4.30. The Balaban J connectivity index is 4.15. The number of hydrogen-bond donors (Lipinski definition) is 0. The zero-order valence-electron chi connectivity index (χ0n) is 10.5. The van der Waals surface area contributed by atoms with E-state index in [4.69, 9.17) is 0 Å². The number of rotatable bonds is 5. The minimum Gasteiger partial charge on any atom is -0.306 e. The van der Waals surface area contributed by atoms with Gasteiger partial charge < -0.3 is 9.80 Å². The molecule has 82 valence electrons. The van der Waals surface area contributed by atoms with Gasteiger partial charge in [0.15, 0.2) is 0 Å². The highest BCUT2D eigenvalue weighted by Gasteiger charge is 1.94. The van der Waals surface area contributed by atoms with Gasteiger partial charge in [0.2, 0.25) is 0 Å². The van der Waals surface area contributed by atoms with Crippen molar-refractivity contribution < 1.29 is 0 Å². The molecule has 0 aromatic heterocycles. The lowest BCUT2D eigenvalue weighted by molar-refractivity contribution is 0.454. The minimum absolute atomic E-state index is 1.01. The van der Waals surface area contributed by atoms with Crippen LogP contribution in [0.4, 0.5) is 0 Å². The number of allylic oxidation sites excluding steroid dienone is 2. The highest BCUT2D eigenvalue weighted by molar-refractivity contribution is 5.27. The first kappa shape index (κ1) is 13.4. The number of hydrogen-bond acceptors (Lipinski definition) is 2. The summed E-state index contributed by atoms with van der Waals surface area (Å²) in [5, 5.41) is 0. The van der Waals surface area contributed by atoms with Gasteiger partial charge in [0, 0.05) is 13.1 Å². The molecule has 0 aromatic carbocycles. The van der Waals surface area contributed by atoms with Gasteiger partial charge in [-0.1, -0.05) is 23.3 Å². The predicted molar refractivity (Wildman–Crippen MR) is 64.6 cm³/mol. The molecule has 0 atom stereocenters. The highest BCUT2D eigenvalue weighted by atomic mass is 15.0. The summed E-state index contributed by atoms with van der Waals surface area (Å²) in [6, 6.07) is 0. The van der Waals surface area contributed by atoms with Crippen LogP contribution >= 0.6 is 0 Å². The summed E-state index contributed by atoms with van der Waals surface area (Å²) in [5.41, 5.74) is 2.75. The molecule has 0 N–H and O–H groups in total. The Morgan fingerprint density at radius 1 is 0.786 bits per heavy atom. The molecule has 2 heteroatoms. The van der Waals surface area contributed by atoms with Gasteiger partial charge in [-0.2, -0.15) is 0 Å². The molecule has 0 fully saturated rings. The fraction of sp³-hybridized carbons (Fsp3) is 0.667. The maximum Gasteiger partial charge on any atom is 0.0162 e. The Kier molecular flexibility index (Phi) is 6.50. The van der Waals surface area contributed by atoms with E-state index in [1.54, 1.807) is 0 Å². The average Bonchev–Trinajstić information content (AvgIpc) is 2.09. The third kappa shape index (κ3) is 6.87. The van der Waals surface area contributed by atoms with Gasteiger partial charge in [-0.25, -0.2) is 0 Å². The third-order valence-corrected chi connectivity index (χ3v) is 2.15. The summed E-state index contributed by atoms with van der Waals surface area (Å²) in [7, 11) is 8.34. The first-order chi connectivity index (χ1) is 6.43. The van der Waals surface area contributed by atoms with E-state index in [9.17, 15) is 0 Å². The molecule has 0 aromatic rings. The van der Waals surface area contributed by atoms with Crippen LogP contribution < -0.4 is 0 Å². The van der Waals surface area contributed by atoms with Crippen LogP contribution in [0.25, 0.3) is 0 Å². The van der Waals surface area contributed by atoms with Gasteiger partial charge in [-0.05, 0) is 42.0 Å². The molecule has 0 saturated heterocycles. The van der Waals surface area contributed by atoms with Gasteiger partial charge in [0.1, 0.15) is 0 Å². The van der Waals surface area contributed by atoms with E-state index in [1.807, 2.05) is 0 Å². The summed E-state index contributed by atoms with van der Waals surface area (Å²) in [4.78, 5) is 4.34. The second-order valence-corrected chi connectivity index (χ2v) is 4.30. The standard InChI is InChI=1S/C12H24N2/c1-11(7-9-13(3)4)12(2)8-10-14(5)6/h7-8H,9-10H2,1-6H3. The van der Waals surface area contributed by atoms with E-state index in [0.29, 0.717) is 0 Å². The molecular weight excluding hydrogens is 172 g/mol. The lowest BCUT2D eigenvalue weighted by Crippen LogP contribution is -2.12. The van der Waals surface area contributed by atoms with Crippen molar-refractivity contribution in [1.82, 2.24) is 9.80 Å². The number of likely N-dealkylation sites (N-methyl/N-ethyl adjacent to an activating group) is 2. The van der Waals surface area contributed by atoms with Crippen molar-refractivity contribution in [2.75, 3.05) is 41.3 Å². The summed E-state index contributed by atoms with van der Waals surface area (Å²) in [6.45, 7) is 6.37. The van der Waals surface area contributed by atoms with Crippen molar-refractivity contribution in [1.29, 1.82) is 0 Å². The lowest BCUT2D eigenvalue weighted by Gasteiger charge is -2.09. The van der Waals surface area contributed by atoms with Gasteiger partial charge in [-0.3, -0.25) is 0 Å². The molecule has 0 saturated carbocycles. The van der Waals surface area contributed by atoms with Crippen LogP contribution in [0, 0.1) is 0 Å². The van der Waals surface area contributed by atoms with Crippen molar-refractivity contribution in [3.05, 3.63) is 23.3 Å². The molecule has 14 heavy (non-hydrogen) atoms. The first-order valence-corrected chi connectivity index (χ1v) is 5.07. The third-order valence-electron chi connectivity index (χ3n) is 2.15. The monoisotopic (exact) mass is 196 g/mol. The summed E-state index contributed by atoms with van der Waals surface area (Å²) in [6.07, 6.45) is 4.53. The summed E-state index contributed by atoms with van der Waals surface area (Å²) >= 11 is 0. The van der Waals surface area contributed by atoms with Crippen molar-refractivity contribution >= 4 is 0 Å². The van der Waals surface area contributed by atoms with Crippen molar-refractivity contribution in [2.45, 2.75) is 13.8 Å². The van der Waals surface area contributed by atoms with E-state index in [0.717, 1.165) is 13.1 Å². The summed E-state index contributed by atoms with van der Waals surface area (Å²) < 4.78 is 0. The maximum atomic E-state index is 2.27. The van der Waals surface area contributed by atoms with E-state index in [2.05, 4.69) is 64.0 Å². The molecule has 0 unspecified atom stereocenters. The second kappa shape index (κ2) is 6.80. The molecule has 0 bridgehead atoms. The molecule has 0 rings (SSSR count). The lowest BCUT2D eigenvalue weighted by atomic mass is 10.1. The maximum absolute atomic E-state index is 2.27. The summed E-state index contributed by atoms with van der Waals surface area (Å²) in [5.74, 6) is 0.